The van der Waals surface area contributed by atoms with Crippen LogP contribution < -0.4 is 9.47 Å². The second-order valence-electron chi connectivity index (χ2n) is 9.81. The number of carbonyl (C=O) groups is 2. The van der Waals surface area contributed by atoms with Gasteiger partial charge in [-0.1, -0.05) is 54.6 Å². The molecule has 7 nitrogen and oxygen atoms in total. The van der Waals surface area contributed by atoms with Crippen molar-refractivity contribution in [3.8, 4) is 22.1 Å². The summed E-state index contributed by atoms with van der Waals surface area (Å²) >= 11 is 1.25. The molecule has 0 fully saturated rings. The molecule has 1 aliphatic rings. The molecule has 2 heterocycles. The number of benzene rings is 3. The molecule has 1 aromatic heterocycles. The van der Waals surface area contributed by atoms with Crippen molar-refractivity contribution in [2.45, 2.75) is 39.5 Å². The highest BCUT2D eigenvalue weighted by atomic mass is 32.1. The Morgan fingerprint density at radius 2 is 1.75 bits per heavy atom. The number of amides is 1. The number of hydrogen-bond acceptors (Lipinski definition) is 7. The Balaban J connectivity index is 1.57. The van der Waals surface area contributed by atoms with E-state index in [0.717, 1.165) is 11.1 Å². The first kappa shape index (κ1) is 27.1. The predicted octanol–water partition coefficient (Wildman–Crippen LogP) is 6.69. The van der Waals surface area contributed by atoms with Crippen LogP contribution in [0.25, 0.3) is 10.6 Å². The van der Waals surface area contributed by atoms with E-state index in [4.69, 9.17) is 9.47 Å². The van der Waals surface area contributed by atoms with Crippen LogP contribution in [0.3, 0.4) is 0 Å². The van der Waals surface area contributed by atoms with E-state index in [1.807, 2.05) is 92.7 Å². The van der Waals surface area contributed by atoms with Gasteiger partial charge in [0.1, 0.15) is 16.5 Å². The molecular weight excluding hydrogens is 524 g/mol. The van der Waals surface area contributed by atoms with E-state index < -0.39 is 23.5 Å². The number of nitrogens with zero attached hydrogens (tertiary/aromatic N) is 2. The van der Waals surface area contributed by atoms with Crippen LogP contribution in [0.15, 0.2) is 90.2 Å². The zero-order valence-corrected chi connectivity index (χ0v) is 23.6. The standard InChI is InChI=1S/C32H30N2O5S/c1-19(2)39-25-12-8-11-23(17-25)27-26(28(35)30-20(3)33-31(40-30)22-9-6-5-7-10-22)29(36)32(37)34(27)18-21-13-15-24(38-4)16-14-21/h5-17,19,27,36H,18H2,1-4H3. The Morgan fingerprint density at radius 1 is 1.02 bits per heavy atom. The highest BCUT2D eigenvalue weighted by molar-refractivity contribution is 7.17. The summed E-state index contributed by atoms with van der Waals surface area (Å²) in [7, 11) is 1.59. The number of Topliss-reactive ketones (excluding diaryl/α,β-unsaturated/α-hetero) is 1. The maximum absolute atomic E-state index is 14.1. The monoisotopic (exact) mass is 554 g/mol. The number of aryl methyl sites for hydroxylation is 1. The zero-order valence-electron chi connectivity index (χ0n) is 22.8. The number of ketones is 1. The fourth-order valence-electron chi connectivity index (χ4n) is 4.79. The molecule has 0 saturated carbocycles. The Labute approximate surface area is 237 Å². The third-order valence-electron chi connectivity index (χ3n) is 6.63. The quantitative estimate of drug-likeness (QED) is 0.232. The van der Waals surface area contributed by atoms with Gasteiger partial charge in [-0.25, -0.2) is 4.98 Å². The molecule has 40 heavy (non-hydrogen) atoms. The van der Waals surface area contributed by atoms with Crippen LogP contribution in [-0.2, 0) is 11.3 Å². The third-order valence-corrected chi connectivity index (χ3v) is 7.83. The number of rotatable bonds is 9. The molecule has 0 aliphatic carbocycles. The fourth-order valence-corrected chi connectivity index (χ4v) is 5.81. The van der Waals surface area contributed by atoms with Crippen molar-refractivity contribution in [1.29, 1.82) is 0 Å². The first-order valence-corrected chi connectivity index (χ1v) is 13.8. The van der Waals surface area contributed by atoms with Crippen molar-refractivity contribution in [3.05, 3.63) is 112 Å². The Hall–Kier alpha value is -4.43. The van der Waals surface area contributed by atoms with Crippen molar-refractivity contribution < 1.29 is 24.2 Å². The maximum Gasteiger partial charge on any atom is 0.290 e. The van der Waals surface area contributed by atoms with E-state index >= 15 is 0 Å². The lowest BCUT2D eigenvalue weighted by Gasteiger charge is -2.27. The molecule has 1 unspecified atom stereocenters. The largest absolute Gasteiger partial charge is 0.503 e. The van der Waals surface area contributed by atoms with E-state index in [2.05, 4.69) is 4.98 Å². The van der Waals surface area contributed by atoms with Gasteiger partial charge in [0.25, 0.3) is 5.91 Å². The molecule has 204 valence electrons. The molecule has 3 aromatic carbocycles. The zero-order chi connectivity index (χ0) is 28.4. The maximum atomic E-state index is 14.1. The highest BCUT2D eigenvalue weighted by Gasteiger charge is 2.44. The van der Waals surface area contributed by atoms with Crippen molar-refractivity contribution in [1.82, 2.24) is 9.88 Å². The molecule has 0 bridgehead atoms. The summed E-state index contributed by atoms with van der Waals surface area (Å²) in [5, 5.41) is 11.9. The molecule has 0 saturated heterocycles. The topological polar surface area (TPSA) is 89.0 Å². The number of methoxy groups -OCH3 is 1. The number of aromatic nitrogens is 1. The highest BCUT2D eigenvalue weighted by Crippen LogP contribution is 2.42. The van der Waals surface area contributed by atoms with Gasteiger partial charge in [-0.2, -0.15) is 0 Å². The van der Waals surface area contributed by atoms with Gasteiger partial charge in [0.05, 0.1) is 35.4 Å². The van der Waals surface area contributed by atoms with Gasteiger partial charge >= 0.3 is 0 Å². The normalized spacial score (nSPS) is 15.2. The SMILES string of the molecule is COc1ccc(CN2C(=O)C(O)=C(C(=O)c3sc(-c4ccccc4)nc3C)C2c2cccc(OC(C)C)c2)cc1. The lowest BCUT2D eigenvalue weighted by atomic mass is 9.94. The summed E-state index contributed by atoms with van der Waals surface area (Å²) in [5.41, 5.74) is 2.97. The van der Waals surface area contributed by atoms with Crippen molar-refractivity contribution in [2.24, 2.45) is 0 Å². The van der Waals surface area contributed by atoms with Gasteiger partial charge in [-0.15, -0.1) is 11.3 Å². The summed E-state index contributed by atoms with van der Waals surface area (Å²) in [6.07, 6.45) is -0.0582. The van der Waals surface area contributed by atoms with Gasteiger partial charge in [0, 0.05) is 12.1 Å². The van der Waals surface area contributed by atoms with E-state index in [9.17, 15) is 14.7 Å². The number of carbonyl (C=O) groups excluding carboxylic acids is 2. The van der Waals surface area contributed by atoms with Crippen molar-refractivity contribution >= 4 is 23.0 Å². The van der Waals surface area contributed by atoms with Crippen LogP contribution in [-0.4, -0.2) is 39.9 Å². The minimum absolute atomic E-state index is 0.0339. The summed E-state index contributed by atoms with van der Waals surface area (Å²) in [6.45, 7) is 5.81. The molecule has 8 heteroatoms. The molecule has 5 rings (SSSR count). The lowest BCUT2D eigenvalue weighted by Crippen LogP contribution is -2.30. The lowest BCUT2D eigenvalue weighted by molar-refractivity contribution is -0.130. The number of aliphatic hydroxyl groups excluding tert-OH is 1. The first-order chi connectivity index (χ1) is 19.3. The molecule has 1 amide bonds. The van der Waals surface area contributed by atoms with E-state index in [0.29, 0.717) is 32.6 Å². The van der Waals surface area contributed by atoms with Gasteiger partial charge in [0.2, 0.25) is 5.78 Å². The first-order valence-electron chi connectivity index (χ1n) is 13.0. The molecule has 1 atom stereocenters. The Bertz CT molecular complexity index is 1570. The van der Waals surface area contributed by atoms with Crippen molar-refractivity contribution in [2.75, 3.05) is 7.11 Å². The van der Waals surface area contributed by atoms with Crippen LogP contribution >= 0.6 is 11.3 Å². The number of ether oxygens (including phenoxy) is 2. The van der Waals surface area contributed by atoms with Gasteiger partial charge < -0.3 is 19.5 Å². The molecule has 1 N–H and O–H groups in total. The molecule has 4 aromatic rings. The summed E-state index contributed by atoms with van der Waals surface area (Å²) in [6, 6.07) is 23.5. The number of hydrogen-bond donors (Lipinski definition) is 1. The van der Waals surface area contributed by atoms with Gasteiger partial charge in [-0.05, 0) is 56.2 Å². The van der Waals surface area contributed by atoms with Crippen LogP contribution in [0.5, 0.6) is 11.5 Å². The Morgan fingerprint density at radius 3 is 2.42 bits per heavy atom. The average molecular weight is 555 g/mol. The molecule has 0 radical (unpaired) electrons. The summed E-state index contributed by atoms with van der Waals surface area (Å²) in [5.74, 6) is -0.265. The van der Waals surface area contributed by atoms with Crippen molar-refractivity contribution in [3.63, 3.8) is 0 Å². The van der Waals surface area contributed by atoms with Crippen LogP contribution in [0.2, 0.25) is 0 Å². The minimum atomic E-state index is -0.820. The van der Waals surface area contributed by atoms with Gasteiger partial charge in [-0.3, -0.25) is 9.59 Å². The predicted molar refractivity (Wildman–Crippen MR) is 155 cm³/mol. The minimum Gasteiger partial charge on any atom is -0.503 e. The average Bonchev–Trinajstić information content (AvgIpc) is 3.46. The van der Waals surface area contributed by atoms with Gasteiger partial charge in [0.15, 0.2) is 5.76 Å². The van der Waals surface area contributed by atoms with E-state index in [1.165, 1.54) is 16.2 Å². The molecular formula is C32H30N2O5S. The van der Waals surface area contributed by atoms with E-state index in [1.54, 1.807) is 14.0 Å². The summed E-state index contributed by atoms with van der Waals surface area (Å²) < 4.78 is 11.2. The number of aliphatic hydroxyl groups is 1. The number of thiazole rings is 1. The van der Waals surface area contributed by atoms with Crippen LogP contribution in [0, 0.1) is 6.92 Å². The smallest absolute Gasteiger partial charge is 0.290 e. The molecule has 1 aliphatic heterocycles. The second-order valence-corrected chi connectivity index (χ2v) is 10.8. The Kier molecular flexibility index (Phi) is 7.71. The van der Waals surface area contributed by atoms with E-state index in [-0.39, 0.29) is 18.2 Å². The fraction of sp³-hybridized carbons (Fsp3) is 0.219. The van der Waals surface area contributed by atoms with Crippen LogP contribution in [0.4, 0.5) is 0 Å². The summed E-state index contributed by atoms with van der Waals surface area (Å²) in [4.78, 5) is 34.2. The van der Waals surface area contributed by atoms with Crippen LogP contribution in [0.1, 0.15) is 46.4 Å². The second kappa shape index (κ2) is 11.4. The molecule has 0 spiro atoms. The third kappa shape index (κ3) is 5.35.